The van der Waals surface area contributed by atoms with Crippen molar-refractivity contribution in [3.05, 3.63) is 23.7 Å². The monoisotopic (exact) mass is 366 g/mol. The Labute approximate surface area is 123 Å². The molecule has 1 heterocycles. The van der Waals surface area contributed by atoms with Gasteiger partial charge in [0.25, 0.3) is 5.91 Å². The Hall–Kier alpha value is -1.25. The molecule has 1 rings (SSSR count). The number of rotatable bonds is 5. The van der Waals surface area contributed by atoms with E-state index in [0.717, 1.165) is 13.1 Å². The van der Waals surface area contributed by atoms with Gasteiger partial charge < -0.3 is 20.8 Å². The number of nitrogens with two attached hydrogens (primary N) is 2. The number of amides is 1. The second-order valence-corrected chi connectivity index (χ2v) is 3.51. The Balaban J connectivity index is 0.00000289. The highest BCUT2D eigenvalue weighted by Gasteiger charge is 2.07. The molecule has 0 aliphatic rings. The zero-order chi connectivity index (χ0) is 12.8. The van der Waals surface area contributed by atoms with Gasteiger partial charge in [0.1, 0.15) is 18.6 Å². The molecular weight excluding hydrogens is 347 g/mol. The maximum atomic E-state index is 10.8. The molecule has 1 aromatic heterocycles. The van der Waals surface area contributed by atoms with Gasteiger partial charge >= 0.3 is 0 Å². The number of furan rings is 1. The second-order valence-electron chi connectivity index (χ2n) is 3.51. The molecule has 0 saturated heterocycles. The first-order valence-corrected chi connectivity index (χ1v) is 5.50. The van der Waals surface area contributed by atoms with Crippen LogP contribution in [0.1, 0.15) is 30.0 Å². The number of nitrogens with zero attached hydrogens (tertiary/aromatic N) is 2. The van der Waals surface area contributed by atoms with E-state index in [0.29, 0.717) is 23.8 Å². The first-order valence-electron chi connectivity index (χ1n) is 5.50. The van der Waals surface area contributed by atoms with Gasteiger partial charge in [-0.1, -0.05) is 0 Å². The lowest BCUT2D eigenvalue weighted by atomic mass is 10.3. The lowest BCUT2D eigenvalue weighted by molar-refractivity contribution is 0.0999. The summed E-state index contributed by atoms with van der Waals surface area (Å²) in [5, 5.41) is 0. The Morgan fingerprint density at radius 3 is 2.44 bits per heavy atom. The van der Waals surface area contributed by atoms with Gasteiger partial charge in [-0.15, -0.1) is 24.0 Å². The minimum absolute atomic E-state index is 0. The number of carbonyl (C=O) groups is 1. The third kappa shape index (κ3) is 4.55. The van der Waals surface area contributed by atoms with Crippen molar-refractivity contribution < 1.29 is 9.21 Å². The maximum Gasteiger partial charge on any atom is 0.251 e. The van der Waals surface area contributed by atoms with Crippen LogP contribution >= 0.6 is 24.0 Å². The van der Waals surface area contributed by atoms with E-state index in [1.807, 2.05) is 18.7 Å². The third-order valence-corrected chi connectivity index (χ3v) is 2.42. The molecule has 102 valence electrons. The molecule has 0 unspecified atom stereocenters. The van der Waals surface area contributed by atoms with Crippen molar-refractivity contribution in [1.82, 2.24) is 4.90 Å². The van der Waals surface area contributed by atoms with E-state index >= 15 is 0 Å². The van der Waals surface area contributed by atoms with Crippen molar-refractivity contribution >= 4 is 35.8 Å². The standard InChI is InChI=1S/C11H18N4O2.HI/c1-3-15(4-2)11(13)14-6-9-5-8(7-17-9)10(12)16;/h5,7H,3-4,6H2,1-2H3,(H2,12,16)(H2,13,14);1H. The van der Waals surface area contributed by atoms with Crippen LogP contribution in [-0.2, 0) is 6.54 Å². The summed E-state index contributed by atoms with van der Waals surface area (Å²) >= 11 is 0. The predicted molar refractivity (Wildman–Crippen MR) is 80.9 cm³/mol. The van der Waals surface area contributed by atoms with Gasteiger partial charge in [-0.2, -0.15) is 0 Å². The van der Waals surface area contributed by atoms with Crippen LogP contribution in [0.25, 0.3) is 0 Å². The topological polar surface area (TPSA) is 97.9 Å². The van der Waals surface area contributed by atoms with E-state index in [1.165, 1.54) is 6.26 Å². The van der Waals surface area contributed by atoms with Gasteiger partial charge in [-0.05, 0) is 19.9 Å². The summed E-state index contributed by atoms with van der Waals surface area (Å²) in [5.74, 6) is 0.515. The third-order valence-electron chi connectivity index (χ3n) is 2.42. The van der Waals surface area contributed by atoms with E-state index in [9.17, 15) is 4.79 Å². The minimum atomic E-state index is -0.513. The highest BCUT2D eigenvalue weighted by molar-refractivity contribution is 14.0. The summed E-state index contributed by atoms with van der Waals surface area (Å²) in [4.78, 5) is 17.0. The van der Waals surface area contributed by atoms with Gasteiger partial charge in [0.2, 0.25) is 0 Å². The molecule has 18 heavy (non-hydrogen) atoms. The molecule has 0 aromatic carbocycles. The van der Waals surface area contributed by atoms with Crippen molar-refractivity contribution in [2.24, 2.45) is 16.5 Å². The Kier molecular flexibility index (Phi) is 7.41. The molecule has 4 N–H and O–H groups in total. The normalized spacial score (nSPS) is 10.9. The lowest BCUT2D eigenvalue weighted by Gasteiger charge is -2.18. The zero-order valence-electron chi connectivity index (χ0n) is 10.5. The number of halogens is 1. The highest BCUT2D eigenvalue weighted by Crippen LogP contribution is 2.08. The molecule has 0 aliphatic heterocycles. The number of primary amides is 1. The first kappa shape index (κ1) is 16.8. The molecule has 0 fully saturated rings. The predicted octanol–water partition coefficient (Wildman–Crippen LogP) is 1.15. The van der Waals surface area contributed by atoms with Gasteiger partial charge in [-0.3, -0.25) is 4.79 Å². The molecule has 1 amide bonds. The highest BCUT2D eigenvalue weighted by atomic mass is 127. The largest absolute Gasteiger partial charge is 0.467 e. The average Bonchev–Trinajstić information content (AvgIpc) is 2.76. The van der Waals surface area contributed by atoms with E-state index in [1.54, 1.807) is 6.07 Å². The van der Waals surface area contributed by atoms with Gasteiger partial charge in [0, 0.05) is 13.1 Å². The van der Waals surface area contributed by atoms with E-state index in [2.05, 4.69) is 4.99 Å². The fraction of sp³-hybridized carbons (Fsp3) is 0.455. The molecule has 1 aromatic rings. The number of guanidine groups is 1. The molecule has 6 nitrogen and oxygen atoms in total. The molecular formula is C11H19IN4O2. The van der Waals surface area contributed by atoms with Crippen LogP contribution in [0.4, 0.5) is 0 Å². The Morgan fingerprint density at radius 1 is 1.39 bits per heavy atom. The lowest BCUT2D eigenvalue weighted by Crippen LogP contribution is -2.36. The fourth-order valence-electron chi connectivity index (χ4n) is 1.40. The summed E-state index contributed by atoms with van der Waals surface area (Å²) in [7, 11) is 0. The van der Waals surface area contributed by atoms with Crippen molar-refractivity contribution in [2.45, 2.75) is 20.4 Å². The molecule has 7 heteroatoms. The average molecular weight is 366 g/mol. The summed E-state index contributed by atoms with van der Waals surface area (Å²) < 4.78 is 5.14. The van der Waals surface area contributed by atoms with Crippen molar-refractivity contribution in [3.8, 4) is 0 Å². The van der Waals surface area contributed by atoms with Crippen LogP contribution < -0.4 is 11.5 Å². The number of hydrogen-bond donors (Lipinski definition) is 2. The Bertz CT molecular complexity index is 413. The zero-order valence-corrected chi connectivity index (χ0v) is 12.9. The van der Waals surface area contributed by atoms with Crippen molar-refractivity contribution in [3.63, 3.8) is 0 Å². The Morgan fingerprint density at radius 2 is 2.00 bits per heavy atom. The smallest absolute Gasteiger partial charge is 0.251 e. The van der Waals surface area contributed by atoms with Crippen LogP contribution in [0, 0.1) is 0 Å². The number of aliphatic imine (C=N–C) groups is 1. The van der Waals surface area contributed by atoms with Crippen LogP contribution in [0.2, 0.25) is 0 Å². The van der Waals surface area contributed by atoms with E-state index < -0.39 is 5.91 Å². The summed E-state index contributed by atoms with van der Waals surface area (Å²) in [6.45, 7) is 5.91. The fourth-order valence-corrected chi connectivity index (χ4v) is 1.40. The van der Waals surface area contributed by atoms with Crippen LogP contribution in [0.15, 0.2) is 21.7 Å². The van der Waals surface area contributed by atoms with E-state index in [-0.39, 0.29) is 24.0 Å². The maximum absolute atomic E-state index is 10.8. The number of hydrogen-bond acceptors (Lipinski definition) is 3. The van der Waals surface area contributed by atoms with Gasteiger partial charge in [-0.25, -0.2) is 4.99 Å². The summed E-state index contributed by atoms with van der Waals surface area (Å²) in [6, 6.07) is 1.57. The molecule has 0 radical (unpaired) electrons. The minimum Gasteiger partial charge on any atom is -0.467 e. The number of carbonyl (C=O) groups excluding carboxylic acids is 1. The SMILES string of the molecule is CCN(CC)C(N)=NCc1cc(C(N)=O)co1.I. The van der Waals surface area contributed by atoms with E-state index in [4.69, 9.17) is 15.9 Å². The van der Waals surface area contributed by atoms with Gasteiger partial charge in [0.05, 0.1) is 5.56 Å². The van der Waals surface area contributed by atoms with Gasteiger partial charge in [0.15, 0.2) is 5.96 Å². The summed E-state index contributed by atoms with van der Waals surface area (Å²) in [6.07, 6.45) is 1.32. The van der Waals surface area contributed by atoms with Crippen LogP contribution in [0.3, 0.4) is 0 Å². The molecule has 0 saturated carbocycles. The van der Waals surface area contributed by atoms with Crippen LogP contribution in [-0.4, -0.2) is 29.9 Å². The second kappa shape index (κ2) is 7.96. The molecule has 0 bridgehead atoms. The summed E-state index contributed by atoms with van der Waals surface area (Å²) in [5.41, 5.74) is 11.2. The van der Waals surface area contributed by atoms with Crippen molar-refractivity contribution in [1.29, 1.82) is 0 Å². The first-order chi connectivity index (χ1) is 8.08. The van der Waals surface area contributed by atoms with Crippen molar-refractivity contribution in [2.75, 3.05) is 13.1 Å². The van der Waals surface area contributed by atoms with Crippen LogP contribution in [0.5, 0.6) is 0 Å². The quantitative estimate of drug-likeness (QED) is 0.464. The molecule has 0 spiro atoms. The molecule has 0 aliphatic carbocycles. The molecule has 0 atom stereocenters.